The first-order chi connectivity index (χ1) is 9.74. The largest absolute Gasteiger partial charge is 0.398 e. The predicted octanol–water partition coefficient (Wildman–Crippen LogP) is 2.08. The molecule has 0 saturated heterocycles. The molecule has 1 aromatic rings. The normalized spacial score (nSPS) is 18.9. The van der Waals surface area contributed by atoms with Gasteiger partial charge in [-0.05, 0) is 43.4 Å². The van der Waals surface area contributed by atoms with Crippen LogP contribution in [0.1, 0.15) is 37.7 Å². The van der Waals surface area contributed by atoms with Crippen molar-refractivity contribution in [2.75, 3.05) is 23.7 Å². The fourth-order valence-corrected chi connectivity index (χ4v) is 3.41. The molecular weight excluding hydrogens is 250 g/mol. The summed E-state index contributed by atoms with van der Waals surface area (Å²) < 4.78 is 0. The summed E-state index contributed by atoms with van der Waals surface area (Å²) in [6, 6.07) is 6.39. The number of hydrogen-bond donors (Lipinski definition) is 2. The molecule has 1 aliphatic carbocycles. The number of fused-ring (bicyclic) bond motifs is 1. The van der Waals surface area contributed by atoms with Gasteiger partial charge in [0, 0.05) is 24.0 Å². The van der Waals surface area contributed by atoms with Crippen molar-refractivity contribution < 1.29 is 4.79 Å². The lowest BCUT2D eigenvalue weighted by molar-refractivity contribution is -0.120. The molecule has 0 radical (unpaired) electrons. The number of carbonyl (C=O) groups excluding carboxylic acids is 1. The van der Waals surface area contributed by atoms with Gasteiger partial charge < -0.3 is 16.0 Å². The Morgan fingerprint density at radius 2 is 2.10 bits per heavy atom. The van der Waals surface area contributed by atoms with Gasteiger partial charge in [-0.2, -0.15) is 0 Å². The highest BCUT2D eigenvalue weighted by Crippen LogP contribution is 2.30. The molecule has 0 spiro atoms. The summed E-state index contributed by atoms with van der Waals surface area (Å²) in [5, 5.41) is 3.16. The molecule has 0 atom stereocenters. The number of nitrogens with two attached hydrogens (primary N) is 1. The lowest BCUT2D eigenvalue weighted by Gasteiger charge is -2.31. The van der Waals surface area contributed by atoms with Gasteiger partial charge in [-0.15, -0.1) is 0 Å². The third kappa shape index (κ3) is 2.74. The molecular formula is C16H23N3O. The number of amides is 1. The van der Waals surface area contributed by atoms with E-state index in [-0.39, 0.29) is 5.91 Å². The first kappa shape index (κ1) is 13.3. The molecule has 2 aliphatic rings. The van der Waals surface area contributed by atoms with E-state index in [0.29, 0.717) is 12.6 Å². The molecule has 0 bridgehead atoms. The lowest BCUT2D eigenvalue weighted by atomic mass is 10.00. The second-order valence-electron chi connectivity index (χ2n) is 5.92. The number of carbonyl (C=O) groups is 1. The zero-order valence-corrected chi connectivity index (χ0v) is 11.9. The van der Waals surface area contributed by atoms with Gasteiger partial charge >= 0.3 is 0 Å². The van der Waals surface area contributed by atoms with E-state index in [2.05, 4.69) is 16.3 Å². The van der Waals surface area contributed by atoms with Crippen LogP contribution in [0.25, 0.3) is 0 Å². The fraction of sp³-hybridized carbons (Fsp3) is 0.562. The van der Waals surface area contributed by atoms with Crippen molar-refractivity contribution in [2.45, 2.75) is 44.6 Å². The number of benzene rings is 1. The second kappa shape index (κ2) is 5.73. The van der Waals surface area contributed by atoms with Crippen LogP contribution in [0.3, 0.4) is 0 Å². The van der Waals surface area contributed by atoms with Gasteiger partial charge in [-0.25, -0.2) is 0 Å². The number of rotatable bonds is 3. The molecule has 1 amide bonds. The monoisotopic (exact) mass is 273 g/mol. The Labute approximate surface area is 120 Å². The molecule has 4 heteroatoms. The van der Waals surface area contributed by atoms with Crippen LogP contribution in [0, 0.1) is 0 Å². The lowest BCUT2D eigenvalue weighted by Crippen LogP contribution is -2.43. The van der Waals surface area contributed by atoms with Crippen LogP contribution in [0.4, 0.5) is 11.4 Å². The average Bonchev–Trinajstić information content (AvgIpc) is 2.93. The number of anilines is 2. The highest BCUT2D eigenvalue weighted by Gasteiger charge is 2.22. The van der Waals surface area contributed by atoms with E-state index in [4.69, 9.17) is 5.73 Å². The number of nitrogens with zero attached hydrogens (tertiary/aromatic N) is 1. The standard InChI is InChI=1S/C16H23N3O/c17-14-8-3-9-15-13(14)7-4-10-19(15)11-16(20)18-12-5-1-2-6-12/h3,8-9,12H,1-2,4-7,10-11,17H2,(H,18,20). The Morgan fingerprint density at radius 1 is 1.30 bits per heavy atom. The number of nitrogen functional groups attached to an aromatic ring is 1. The summed E-state index contributed by atoms with van der Waals surface area (Å²) in [6.45, 7) is 1.39. The maximum Gasteiger partial charge on any atom is 0.239 e. The van der Waals surface area contributed by atoms with E-state index in [1.165, 1.54) is 18.4 Å². The van der Waals surface area contributed by atoms with Crippen LogP contribution in [0.5, 0.6) is 0 Å². The van der Waals surface area contributed by atoms with Crippen molar-refractivity contribution in [3.8, 4) is 0 Å². The molecule has 3 N–H and O–H groups in total. The second-order valence-corrected chi connectivity index (χ2v) is 5.92. The summed E-state index contributed by atoms with van der Waals surface area (Å²) in [7, 11) is 0. The third-order valence-electron chi connectivity index (χ3n) is 4.44. The van der Waals surface area contributed by atoms with Crippen LogP contribution in [-0.4, -0.2) is 25.0 Å². The summed E-state index contributed by atoms with van der Waals surface area (Å²) >= 11 is 0. The van der Waals surface area contributed by atoms with Gasteiger partial charge in [0.25, 0.3) is 0 Å². The Kier molecular flexibility index (Phi) is 3.81. The first-order valence-corrected chi connectivity index (χ1v) is 7.66. The number of nitrogens with one attached hydrogen (secondary N) is 1. The minimum absolute atomic E-state index is 0.146. The van der Waals surface area contributed by atoms with Crippen molar-refractivity contribution >= 4 is 17.3 Å². The van der Waals surface area contributed by atoms with Gasteiger partial charge in [0.15, 0.2) is 0 Å². The van der Waals surface area contributed by atoms with E-state index in [1.807, 2.05) is 12.1 Å². The Morgan fingerprint density at radius 3 is 2.90 bits per heavy atom. The van der Waals surface area contributed by atoms with Crippen molar-refractivity contribution in [2.24, 2.45) is 0 Å². The van der Waals surface area contributed by atoms with Gasteiger partial charge in [-0.3, -0.25) is 4.79 Å². The smallest absolute Gasteiger partial charge is 0.239 e. The van der Waals surface area contributed by atoms with Gasteiger partial charge in [0.2, 0.25) is 5.91 Å². The molecule has 108 valence electrons. The molecule has 1 saturated carbocycles. The molecule has 3 rings (SSSR count). The molecule has 1 aliphatic heterocycles. The minimum Gasteiger partial charge on any atom is -0.398 e. The van der Waals surface area contributed by atoms with Crippen molar-refractivity contribution in [3.05, 3.63) is 23.8 Å². The molecule has 0 aromatic heterocycles. The highest BCUT2D eigenvalue weighted by molar-refractivity contribution is 5.82. The molecule has 1 aromatic carbocycles. The topological polar surface area (TPSA) is 58.4 Å². The maximum absolute atomic E-state index is 12.2. The summed E-state index contributed by atoms with van der Waals surface area (Å²) in [5.74, 6) is 0.146. The van der Waals surface area contributed by atoms with Crippen LogP contribution in [0.2, 0.25) is 0 Å². The maximum atomic E-state index is 12.2. The Bertz CT molecular complexity index is 494. The predicted molar refractivity (Wildman–Crippen MR) is 81.8 cm³/mol. The SMILES string of the molecule is Nc1cccc2c1CCCN2CC(=O)NC1CCCC1. The van der Waals surface area contributed by atoms with E-state index in [1.54, 1.807) is 0 Å². The summed E-state index contributed by atoms with van der Waals surface area (Å²) in [5.41, 5.74) is 9.23. The average molecular weight is 273 g/mol. The summed E-state index contributed by atoms with van der Waals surface area (Å²) in [6.07, 6.45) is 6.84. The fourth-order valence-electron chi connectivity index (χ4n) is 3.41. The van der Waals surface area contributed by atoms with E-state index >= 15 is 0 Å². The first-order valence-electron chi connectivity index (χ1n) is 7.66. The van der Waals surface area contributed by atoms with Gasteiger partial charge in [0.1, 0.15) is 0 Å². The van der Waals surface area contributed by atoms with Crippen LogP contribution >= 0.6 is 0 Å². The molecule has 0 unspecified atom stereocenters. The van der Waals surface area contributed by atoms with Crippen molar-refractivity contribution in [1.29, 1.82) is 0 Å². The zero-order valence-electron chi connectivity index (χ0n) is 11.9. The highest BCUT2D eigenvalue weighted by atomic mass is 16.2. The van der Waals surface area contributed by atoms with E-state index < -0.39 is 0 Å². The molecule has 4 nitrogen and oxygen atoms in total. The number of hydrogen-bond acceptors (Lipinski definition) is 3. The Hall–Kier alpha value is -1.71. The minimum atomic E-state index is 0.146. The quantitative estimate of drug-likeness (QED) is 0.829. The van der Waals surface area contributed by atoms with Crippen LogP contribution in [-0.2, 0) is 11.2 Å². The molecule has 1 heterocycles. The van der Waals surface area contributed by atoms with E-state index in [9.17, 15) is 4.79 Å². The van der Waals surface area contributed by atoms with Crippen molar-refractivity contribution in [1.82, 2.24) is 5.32 Å². The van der Waals surface area contributed by atoms with Gasteiger partial charge in [0.05, 0.1) is 6.54 Å². The molecule has 20 heavy (non-hydrogen) atoms. The molecule has 1 fully saturated rings. The van der Waals surface area contributed by atoms with Crippen LogP contribution in [0.15, 0.2) is 18.2 Å². The summed E-state index contributed by atoms with van der Waals surface area (Å²) in [4.78, 5) is 14.3. The van der Waals surface area contributed by atoms with Crippen molar-refractivity contribution in [3.63, 3.8) is 0 Å². The zero-order chi connectivity index (χ0) is 13.9. The third-order valence-corrected chi connectivity index (χ3v) is 4.44. The van der Waals surface area contributed by atoms with E-state index in [0.717, 1.165) is 43.6 Å². The van der Waals surface area contributed by atoms with Crippen LogP contribution < -0.4 is 16.0 Å². The van der Waals surface area contributed by atoms with Gasteiger partial charge in [-0.1, -0.05) is 18.9 Å². The Balaban J connectivity index is 1.66.